The summed E-state index contributed by atoms with van der Waals surface area (Å²) in [7, 11) is 1.67. The first-order valence-electron chi connectivity index (χ1n) is 17.1. The smallest absolute Gasteiger partial charge is 0.196 e. The molecular formula is C45H35NO4. The lowest BCUT2D eigenvalue weighted by Crippen LogP contribution is -2.37. The van der Waals surface area contributed by atoms with Crippen molar-refractivity contribution in [3.8, 4) is 11.5 Å². The average molecular weight is 654 g/mol. The molecule has 0 N–H and O–H groups in total. The predicted molar refractivity (Wildman–Crippen MR) is 202 cm³/mol. The Morgan fingerprint density at radius 3 is 1.92 bits per heavy atom. The van der Waals surface area contributed by atoms with Crippen molar-refractivity contribution in [3.05, 3.63) is 167 Å². The van der Waals surface area contributed by atoms with Crippen LogP contribution in [0.15, 0.2) is 140 Å². The number of fused-ring (bicyclic) bond motifs is 8. The van der Waals surface area contributed by atoms with E-state index < -0.39 is 5.60 Å². The van der Waals surface area contributed by atoms with Gasteiger partial charge in [0.2, 0.25) is 0 Å². The minimum Gasteiger partial charge on any atom is -0.497 e. The largest absolute Gasteiger partial charge is 0.497 e. The third kappa shape index (κ3) is 4.85. The zero-order valence-electron chi connectivity index (χ0n) is 27.8. The number of carbonyl (C=O) groups excluding carboxylic acids is 1. The lowest BCUT2D eigenvalue weighted by Gasteiger charge is -2.38. The Morgan fingerprint density at radius 2 is 1.26 bits per heavy atom. The molecule has 0 bridgehead atoms. The zero-order valence-corrected chi connectivity index (χ0v) is 27.8. The SMILES string of the molecule is COc1ccc(C2(c3ccc(N4CCOCC4)cc3)C=Cc3c(c(C(=O)c4ccccc4)cc4c5ccccc5c5ccccc5c34)O2)cc1. The zero-order chi connectivity index (χ0) is 33.7. The number of methoxy groups -OCH3 is 1. The van der Waals surface area contributed by atoms with Gasteiger partial charge in [0.1, 0.15) is 11.5 Å². The van der Waals surface area contributed by atoms with Crippen molar-refractivity contribution in [1.82, 2.24) is 0 Å². The third-order valence-corrected chi connectivity index (χ3v) is 10.2. The molecule has 5 nitrogen and oxygen atoms in total. The minimum atomic E-state index is -1.02. The minimum absolute atomic E-state index is 0.0809. The van der Waals surface area contributed by atoms with Crippen LogP contribution < -0.4 is 14.4 Å². The van der Waals surface area contributed by atoms with Gasteiger partial charge in [-0.15, -0.1) is 0 Å². The summed E-state index contributed by atoms with van der Waals surface area (Å²) >= 11 is 0. The molecule has 1 unspecified atom stereocenters. The van der Waals surface area contributed by atoms with Crippen molar-refractivity contribution in [2.75, 3.05) is 38.3 Å². The quantitative estimate of drug-likeness (QED) is 0.132. The Hall–Kier alpha value is -5.91. The lowest BCUT2D eigenvalue weighted by atomic mass is 9.81. The molecule has 244 valence electrons. The molecule has 2 heterocycles. The Bertz CT molecular complexity index is 2430. The molecular weight excluding hydrogens is 618 g/mol. The van der Waals surface area contributed by atoms with E-state index in [-0.39, 0.29) is 5.78 Å². The Morgan fingerprint density at radius 1 is 0.680 bits per heavy atom. The van der Waals surface area contributed by atoms with Gasteiger partial charge >= 0.3 is 0 Å². The van der Waals surface area contributed by atoms with Crippen molar-refractivity contribution >= 4 is 49.9 Å². The molecule has 2 aliphatic rings. The van der Waals surface area contributed by atoms with Gasteiger partial charge in [0.15, 0.2) is 11.4 Å². The molecule has 7 aromatic rings. The van der Waals surface area contributed by atoms with E-state index in [0.717, 1.165) is 81.4 Å². The van der Waals surface area contributed by atoms with E-state index in [1.165, 1.54) is 5.39 Å². The maximum Gasteiger partial charge on any atom is 0.196 e. The van der Waals surface area contributed by atoms with E-state index in [0.29, 0.717) is 16.9 Å². The summed E-state index contributed by atoms with van der Waals surface area (Å²) < 4.78 is 18.6. The fraction of sp³-hybridized carbons (Fsp3) is 0.133. The van der Waals surface area contributed by atoms with Crippen LogP contribution in [0, 0.1) is 0 Å². The van der Waals surface area contributed by atoms with Crippen LogP contribution in [-0.4, -0.2) is 39.2 Å². The molecule has 1 fully saturated rings. The van der Waals surface area contributed by atoms with Crippen LogP contribution in [-0.2, 0) is 10.3 Å². The highest BCUT2D eigenvalue weighted by Crippen LogP contribution is 2.49. The molecule has 0 spiro atoms. The monoisotopic (exact) mass is 653 g/mol. The van der Waals surface area contributed by atoms with Crippen LogP contribution in [0.25, 0.3) is 38.4 Å². The van der Waals surface area contributed by atoms with E-state index in [2.05, 4.69) is 95.9 Å². The Balaban J connectivity index is 1.32. The van der Waals surface area contributed by atoms with Gasteiger partial charge in [0, 0.05) is 46.4 Å². The summed E-state index contributed by atoms with van der Waals surface area (Å²) in [6.45, 7) is 3.15. The fourth-order valence-electron chi connectivity index (χ4n) is 7.71. The summed E-state index contributed by atoms with van der Waals surface area (Å²) in [6.07, 6.45) is 4.32. The third-order valence-electron chi connectivity index (χ3n) is 10.2. The van der Waals surface area contributed by atoms with Gasteiger partial charge in [-0.25, -0.2) is 0 Å². The molecule has 0 aliphatic carbocycles. The molecule has 7 aromatic carbocycles. The predicted octanol–water partition coefficient (Wildman–Crippen LogP) is 9.57. The van der Waals surface area contributed by atoms with Gasteiger partial charge in [0.25, 0.3) is 0 Å². The van der Waals surface area contributed by atoms with Gasteiger partial charge in [-0.2, -0.15) is 0 Å². The first kappa shape index (κ1) is 30.2. The van der Waals surface area contributed by atoms with Gasteiger partial charge in [-0.1, -0.05) is 103 Å². The maximum atomic E-state index is 14.6. The van der Waals surface area contributed by atoms with Gasteiger partial charge in [-0.05, 0) is 69.4 Å². The number of rotatable bonds is 6. The second-order valence-corrected chi connectivity index (χ2v) is 12.9. The number of hydrogen-bond donors (Lipinski definition) is 0. The normalized spacial score (nSPS) is 17.1. The molecule has 0 saturated carbocycles. The van der Waals surface area contributed by atoms with Gasteiger partial charge in [0.05, 0.1) is 25.9 Å². The first-order chi connectivity index (χ1) is 24.6. The number of anilines is 1. The van der Waals surface area contributed by atoms with E-state index in [1.54, 1.807) is 7.11 Å². The fourth-order valence-corrected chi connectivity index (χ4v) is 7.71. The highest BCUT2D eigenvalue weighted by molar-refractivity contribution is 6.29. The van der Waals surface area contributed by atoms with Crippen molar-refractivity contribution in [3.63, 3.8) is 0 Å². The van der Waals surface area contributed by atoms with Crippen LogP contribution in [0.2, 0.25) is 0 Å². The second kappa shape index (κ2) is 12.2. The number of benzene rings is 7. The van der Waals surface area contributed by atoms with Crippen LogP contribution >= 0.6 is 0 Å². The first-order valence-corrected chi connectivity index (χ1v) is 17.1. The molecule has 0 amide bonds. The molecule has 0 radical (unpaired) electrons. The molecule has 5 heteroatoms. The van der Waals surface area contributed by atoms with E-state index >= 15 is 0 Å². The van der Waals surface area contributed by atoms with E-state index in [1.807, 2.05) is 54.6 Å². The average Bonchev–Trinajstić information content (AvgIpc) is 3.20. The number of carbonyl (C=O) groups is 1. The van der Waals surface area contributed by atoms with Crippen molar-refractivity contribution in [2.24, 2.45) is 0 Å². The summed E-state index contributed by atoms with van der Waals surface area (Å²) in [5.74, 6) is 1.25. The number of morpholine rings is 1. The standard InChI is InChI=1S/C45H35NO4/c1-48-34-21-17-32(18-22-34)45(31-15-19-33(20-16-31)46-25-27-49-28-26-46)24-23-39-42-38-14-8-7-12-36(38)35-11-5-6-13-37(35)40(42)29-41(44(39)50-45)43(47)30-9-3-2-4-10-30/h2-24,29H,25-28H2,1H3. The van der Waals surface area contributed by atoms with Crippen molar-refractivity contribution in [2.45, 2.75) is 5.60 Å². The summed E-state index contributed by atoms with van der Waals surface area (Å²) in [4.78, 5) is 17.0. The van der Waals surface area contributed by atoms with E-state index in [4.69, 9.17) is 14.2 Å². The second-order valence-electron chi connectivity index (χ2n) is 12.9. The highest BCUT2D eigenvalue weighted by atomic mass is 16.5. The molecule has 0 aromatic heterocycles. The molecule has 1 saturated heterocycles. The summed E-state index contributed by atoms with van der Waals surface area (Å²) in [6, 6.07) is 45.1. The highest BCUT2D eigenvalue weighted by Gasteiger charge is 2.40. The van der Waals surface area contributed by atoms with Crippen LogP contribution in [0.4, 0.5) is 5.69 Å². The van der Waals surface area contributed by atoms with E-state index in [9.17, 15) is 4.79 Å². The lowest BCUT2D eigenvalue weighted by molar-refractivity contribution is 0.102. The summed E-state index contributed by atoms with van der Waals surface area (Å²) in [5.41, 5.74) is 4.07. The topological polar surface area (TPSA) is 48.0 Å². The van der Waals surface area contributed by atoms with Crippen LogP contribution in [0.5, 0.6) is 11.5 Å². The number of ketones is 1. The van der Waals surface area contributed by atoms with Gasteiger partial charge in [-0.3, -0.25) is 4.79 Å². The molecule has 50 heavy (non-hydrogen) atoms. The van der Waals surface area contributed by atoms with Crippen molar-refractivity contribution < 1.29 is 19.0 Å². The van der Waals surface area contributed by atoms with Crippen molar-refractivity contribution in [1.29, 1.82) is 0 Å². The number of ether oxygens (including phenoxy) is 3. The van der Waals surface area contributed by atoms with Gasteiger partial charge < -0.3 is 19.1 Å². The molecule has 1 atom stereocenters. The van der Waals surface area contributed by atoms with Crippen LogP contribution in [0.1, 0.15) is 32.6 Å². The Labute approximate surface area is 290 Å². The number of nitrogens with zero attached hydrogens (tertiary/aromatic N) is 1. The molecule has 9 rings (SSSR count). The van der Waals surface area contributed by atoms with Crippen LogP contribution in [0.3, 0.4) is 0 Å². The summed E-state index contributed by atoms with van der Waals surface area (Å²) in [5, 5.41) is 6.64. The maximum absolute atomic E-state index is 14.6. The Kier molecular flexibility index (Phi) is 7.36. The molecule has 2 aliphatic heterocycles. The number of hydrogen-bond acceptors (Lipinski definition) is 5.